The van der Waals surface area contributed by atoms with Crippen LogP contribution in [0.5, 0.6) is 5.88 Å². The molecule has 6 nitrogen and oxygen atoms in total. The maximum atomic E-state index is 12.1. The molecule has 2 rings (SSSR count). The number of pyridine rings is 1. The number of halogens is 4. The molecule has 0 aliphatic heterocycles. The number of hydrogen-bond acceptors (Lipinski definition) is 5. The lowest BCUT2D eigenvalue weighted by Crippen LogP contribution is -2.24. The summed E-state index contributed by atoms with van der Waals surface area (Å²) in [6, 6.07) is 1.18. The predicted molar refractivity (Wildman–Crippen MR) is 77.9 cm³/mol. The monoisotopic (exact) mass is 363 g/mol. The predicted octanol–water partition coefficient (Wildman–Crippen LogP) is 3.21. The van der Waals surface area contributed by atoms with Gasteiger partial charge in [-0.15, -0.1) is 0 Å². The fourth-order valence-corrected chi connectivity index (χ4v) is 2.05. The number of hydrogen-bond donors (Lipinski definition) is 1. The summed E-state index contributed by atoms with van der Waals surface area (Å²) in [5.41, 5.74) is 1.48. The molecule has 2 aromatic heterocycles. The molecular formula is C14H13ClF3N3O3. The Balaban J connectivity index is 2.01. The Labute approximate surface area is 139 Å². The summed E-state index contributed by atoms with van der Waals surface area (Å²) >= 11 is 5.79. The van der Waals surface area contributed by atoms with Crippen molar-refractivity contribution in [1.82, 2.24) is 15.5 Å². The Morgan fingerprint density at radius 3 is 2.67 bits per heavy atom. The molecule has 0 unspecified atom stereocenters. The van der Waals surface area contributed by atoms with E-state index in [9.17, 15) is 18.0 Å². The second-order valence-electron chi connectivity index (χ2n) is 4.90. The molecule has 0 aromatic carbocycles. The van der Waals surface area contributed by atoms with Gasteiger partial charge < -0.3 is 14.6 Å². The van der Waals surface area contributed by atoms with Gasteiger partial charge >= 0.3 is 6.18 Å². The third-order valence-electron chi connectivity index (χ3n) is 3.05. The SMILES string of the molecule is Cc1noc(C)c1CNC(=O)c1cnc(OCC(F)(F)F)c(Cl)c1. The van der Waals surface area contributed by atoms with Crippen molar-refractivity contribution in [3.8, 4) is 5.88 Å². The second kappa shape index (κ2) is 7.08. The molecule has 2 aromatic rings. The van der Waals surface area contributed by atoms with E-state index in [1.54, 1.807) is 13.8 Å². The summed E-state index contributed by atoms with van der Waals surface area (Å²) in [5, 5.41) is 6.20. The van der Waals surface area contributed by atoms with Crippen molar-refractivity contribution >= 4 is 17.5 Å². The van der Waals surface area contributed by atoms with E-state index in [4.69, 9.17) is 16.1 Å². The molecule has 10 heteroatoms. The van der Waals surface area contributed by atoms with E-state index >= 15 is 0 Å². The van der Waals surface area contributed by atoms with Gasteiger partial charge in [0.2, 0.25) is 5.88 Å². The highest BCUT2D eigenvalue weighted by Crippen LogP contribution is 2.25. The molecule has 24 heavy (non-hydrogen) atoms. The standard InChI is InChI=1S/C14H13ClF3N3O3/c1-7-10(8(2)24-21-7)5-19-12(22)9-3-11(15)13(20-4-9)23-6-14(16,17)18/h3-4H,5-6H2,1-2H3,(H,19,22). The van der Waals surface area contributed by atoms with Gasteiger partial charge in [-0.25, -0.2) is 4.98 Å². The maximum Gasteiger partial charge on any atom is 0.422 e. The summed E-state index contributed by atoms with van der Waals surface area (Å²) in [7, 11) is 0. The molecule has 0 saturated carbocycles. The largest absolute Gasteiger partial charge is 0.467 e. The van der Waals surface area contributed by atoms with Crippen LogP contribution >= 0.6 is 11.6 Å². The summed E-state index contributed by atoms with van der Waals surface area (Å²) in [6.45, 7) is 2.12. The van der Waals surface area contributed by atoms with E-state index in [-0.39, 0.29) is 17.1 Å². The van der Waals surface area contributed by atoms with Crippen LogP contribution in [0.3, 0.4) is 0 Å². The normalized spacial score (nSPS) is 11.4. The molecule has 130 valence electrons. The van der Waals surface area contributed by atoms with Crippen LogP contribution in [0.15, 0.2) is 16.8 Å². The van der Waals surface area contributed by atoms with Gasteiger partial charge in [-0.1, -0.05) is 16.8 Å². The molecule has 0 saturated heterocycles. The van der Waals surface area contributed by atoms with Crippen molar-refractivity contribution in [3.05, 3.63) is 39.9 Å². The average molecular weight is 364 g/mol. The Bertz CT molecular complexity index is 727. The second-order valence-corrected chi connectivity index (χ2v) is 5.31. The summed E-state index contributed by atoms with van der Waals surface area (Å²) in [5.74, 6) is -0.303. The molecule has 0 fully saturated rings. The summed E-state index contributed by atoms with van der Waals surface area (Å²) in [6.07, 6.45) is -3.42. The number of nitrogens with one attached hydrogen (secondary N) is 1. The van der Waals surface area contributed by atoms with E-state index in [0.717, 1.165) is 11.8 Å². The maximum absolute atomic E-state index is 12.1. The summed E-state index contributed by atoms with van der Waals surface area (Å²) in [4.78, 5) is 15.7. The lowest BCUT2D eigenvalue weighted by Gasteiger charge is -2.10. The highest BCUT2D eigenvalue weighted by atomic mass is 35.5. The molecule has 0 aliphatic carbocycles. The van der Waals surface area contributed by atoms with Gasteiger partial charge in [0, 0.05) is 18.3 Å². The molecule has 1 amide bonds. The van der Waals surface area contributed by atoms with Crippen LogP contribution in [-0.4, -0.2) is 28.8 Å². The van der Waals surface area contributed by atoms with Crippen LogP contribution in [0.2, 0.25) is 5.02 Å². The molecule has 0 bridgehead atoms. The van der Waals surface area contributed by atoms with Gasteiger partial charge in [-0.05, 0) is 19.9 Å². The Morgan fingerprint density at radius 2 is 2.12 bits per heavy atom. The van der Waals surface area contributed by atoms with Gasteiger partial charge in [-0.3, -0.25) is 4.79 Å². The highest BCUT2D eigenvalue weighted by Gasteiger charge is 2.29. The van der Waals surface area contributed by atoms with Crippen molar-refractivity contribution in [2.45, 2.75) is 26.6 Å². The third kappa shape index (κ3) is 4.60. The van der Waals surface area contributed by atoms with E-state index in [1.165, 1.54) is 6.07 Å². The number of carbonyl (C=O) groups is 1. The van der Waals surface area contributed by atoms with Crippen LogP contribution in [0.1, 0.15) is 27.4 Å². The Kier molecular flexibility index (Phi) is 5.33. The number of rotatable bonds is 5. The number of ether oxygens (including phenoxy) is 1. The number of amides is 1. The summed E-state index contributed by atoms with van der Waals surface area (Å²) < 4.78 is 45.8. The first-order valence-corrected chi connectivity index (χ1v) is 7.10. The van der Waals surface area contributed by atoms with Crippen molar-refractivity contribution in [3.63, 3.8) is 0 Å². The first-order valence-electron chi connectivity index (χ1n) is 6.72. The van der Waals surface area contributed by atoms with Crippen LogP contribution in [0, 0.1) is 13.8 Å². The van der Waals surface area contributed by atoms with Crippen LogP contribution < -0.4 is 10.1 Å². The number of nitrogens with zero attached hydrogens (tertiary/aromatic N) is 2. The smallest absolute Gasteiger partial charge is 0.422 e. The number of aryl methyl sites for hydroxylation is 2. The fraction of sp³-hybridized carbons (Fsp3) is 0.357. The van der Waals surface area contributed by atoms with Crippen molar-refractivity contribution < 1.29 is 27.2 Å². The Morgan fingerprint density at radius 1 is 1.42 bits per heavy atom. The zero-order chi connectivity index (χ0) is 17.9. The molecular weight excluding hydrogens is 351 g/mol. The fourth-order valence-electron chi connectivity index (χ4n) is 1.83. The zero-order valence-electron chi connectivity index (χ0n) is 12.7. The van der Waals surface area contributed by atoms with Crippen molar-refractivity contribution in [2.24, 2.45) is 0 Å². The first kappa shape index (κ1) is 18.1. The number of alkyl halides is 3. The topological polar surface area (TPSA) is 77.3 Å². The minimum Gasteiger partial charge on any atom is -0.467 e. The van der Waals surface area contributed by atoms with Crippen LogP contribution in [0.4, 0.5) is 13.2 Å². The lowest BCUT2D eigenvalue weighted by molar-refractivity contribution is -0.154. The van der Waals surface area contributed by atoms with Gasteiger partial charge in [0.15, 0.2) is 6.61 Å². The lowest BCUT2D eigenvalue weighted by atomic mass is 10.2. The number of carbonyl (C=O) groups excluding carboxylic acids is 1. The first-order chi connectivity index (χ1) is 11.2. The van der Waals surface area contributed by atoms with Gasteiger partial charge in [-0.2, -0.15) is 13.2 Å². The Hall–Kier alpha value is -2.29. The van der Waals surface area contributed by atoms with E-state index in [2.05, 4.69) is 20.2 Å². The quantitative estimate of drug-likeness (QED) is 0.882. The van der Waals surface area contributed by atoms with Gasteiger partial charge in [0.05, 0.1) is 11.3 Å². The molecule has 0 aliphatic rings. The molecule has 2 heterocycles. The molecule has 1 N–H and O–H groups in total. The van der Waals surface area contributed by atoms with E-state index < -0.39 is 24.6 Å². The number of aromatic nitrogens is 2. The minimum absolute atomic E-state index is 0.0890. The minimum atomic E-state index is -4.50. The van der Waals surface area contributed by atoms with Crippen molar-refractivity contribution in [1.29, 1.82) is 0 Å². The average Bonchev–Trinajstić information content (AvgIpc) is 2.81. The highest BCUT2D eigenvalue weighted by molar-refractivity contribution is 6.32. The van der Waals surface area contributed by atoms with Gasteiger partial charge in [0.1, 0.15) is 10.8 Å². The van der Waals surface area contributed by atoms with Crippen LogP contribution in [0.25, 0.3) is 0 Å². The molecule has 0 radical (unpaired) electrons. The van der Waals surface area contributed by atoms with Gasteiger partial charge in [0.25, 0.3) is 5.91 Å². The zero-order valence-corrected chi connectivity index (χ0v) is 13.5. The van der Waals surface area contributed by atoms with E-state index in [0.29, 0.717) is 11.5 Å². The third-order valence-corrected chi connectivity index (χ3v) is 3.32. The molecule has 0 spiro atoms. The van der Waals surface area contributed by atoms with Crippen LogP contribution in [-0.2, 0) is 6.54 Å². The molecule has 0 atom stereocenters. The van der Waals surface area contributed by atoms with E-state index in [1.807, 2.05) is 0 Å². The van der Waals surface area contributed by atoms with Crippen molar-refractivity contribution in [2.75, 3.05) is 6.61 Å².